The minimum absolute atomic E-state index is 0.0115. The third kappa shape index (κ3) is 15.6. The molecular weight excluding hydrogens is 700 g/mol. The van der Waals surface area contributed by atoms with Gasteiger partial charge in [0.25, 0.3) is 0 Å². The summed E-state index contributed by atoms with van der Waals surface area (Å²) in [5, 5.41) is 24.6. The number of amides is 4. The van der Waals surface area contributed by atoms with Gasteiger partial charge in [-0.25, -0.2) is 4.79 Å². The summed E-state index contributed by atoms with van der Waals surface area (Å²) in [6.07, 6.45) is 18.1. The Morgan fingerprint density at radius 2 is 1.22 bits per heavy atom. The number of rotatable bonds is 26. The van der Waals surface area contributed by atoms with Crippen molar-refractivity contribution in [3.8, 4) is 5.75 Å². The third-order valence-electron chi connectivity index (χ3n) is 11.1. The van der Waals surface area contributed by atoms with Gasteiger partial charge in [0.2, 0.25) is 23.6 Å². The van der Waals surface area contributed by atoms with Crippen LogP contribution in [0.5, 0.6) is 5.75 Å². The summed E-state index contributed by atoms with van der Waals surface area (Å²) in [6.45, 7) is 6.79. The first kappa shape index (κ1) is 45.4. The number of nitrogens with one attached hydrogen (secondary N) is 2. The molecule has 55 heavy (non-hydrogen) atoms. The Balaban J connectivity index is 1.43. The zero-order valence-corrected chi connectivity index (χ0v) is 33.7. The molecule has 0 aliphatic carbocycles. The van der Waals surface area contributed by atoms with Crippen molar-refractivity contribution >= 4 is 35.4 Å². The number of Topliss-reactive ketones (excluding diaryl/α,β-unsaturated/α-hetero) is 1. The third-order valence-corrected chi connectivity index (χ3v) is 11.1. The zero-order chi connectivity index (χ0) is 40.2. The maximum absolute atomic E-state index is 13.9. The highest BCUT2D eigenvalue weighted by atomic mass is 16.4. The molecule has 4 atom stereocenters. The lowest BCUT2D eigenvalue weighted by Crippen LogP contribution is -2.56. The van der Waals surface area contributed by atoms with Crippen LogP contribution in [0.1, 0.15) is 155 Å². The predicted octanol–water partition coefficient (Wildman–Crippen LogP) is 6.46. The lowest BCUT2D eigenvalue weighted by molar-refractivity contribution is -0.148. The van der Waals surface area contributed by atoms with Gasteiger partial charge >= 0.3 is 5.97 Å². The van der Waals surface area contributed by atoms with Crippen LogP contribution < -0.4 is 10.6 Å². The van der Waals surface area contributed by atoms with E-state index in [4.69, 9.17) is 0 Å². The van der Waals surface area contributed by atoms with Crippen LogP contribution in [0.25, 0.3) is 0 Å². The Bertz CT molecular complexity index is 1380. The number of unbranched alkanes of at least 4 members (excludes halogenated alkanes) is 12. The van der Waals surface area contributed by atoms with Crippen LogP contribution in [-0.4, -0.2) is 92.7 Å². The van der Waals surface area contributed by atoms with Crippen LogP contribution in [0.3, 0.4) is 0 Å². The van der Waals surface area contributed by atoms with Gasteiger partial charge in [0.1, 0.15) is 23.9 Å². The molecule has 1 aromatic carbocycles. The van der Waals surface area contributed by atoms with Crippen molar-refractivity contribution in [1.82, 2.24) is 20.4 Å². The summed E-state index contributed by atoms with van der Waals surface area (Å²) in [5.74, 6) is -2.92. The molecule has 0 bridgehead atoms. The summed E-state index contributed by atoms with van der Waals surface area (Å²) in [4.78, 5) is 81.7. The number of aromatic hydroxyl groups is 1. The van der Waals surface area contributed by atoms with Crippen LogP contribution in [0.15, 0.2) is 24.3 Å². The second-order valence-corrected chi connectivity index (χ2v) is 16.0. The minimum Gasteiger partial charge on any atom is -0.508 e. The van der Waals surface area contributed by atoms with E-state index in [0.29, 0.717) is 50.8 Å². The molecular formula is C43H68N4O8. The van der Waals surface area contributed by atoms with Gasteiger partial charge in [0.05, 0.1) is 6.04 Å². The van der Waals surface area contributed by atoms with Crippen LogP contribution in [0.2, 0.25) is 0 Å². The molecule has 4 amide bonds. The molecule has 12 heteroatoms. The molecule has 2 aliphatic rings. The number of hydrogen-bond acceptors (Lipinski definition) is 7. The maximum atomic E-state index is 13.9. The van der Waals surface area contributed by atoms with Crippen molar-refractivity contribution in [2.75, 3.05) is 13.1 Å². The molecule has 12 nitrogen and oxygen atoms in total. The molecule has 0 saturated carbocycles. The van der Waals surface area contributed by atoms with Gasteiger partial charge in [0, 0.05) is 38.8 Å². The van der Waals surface area contributed by atoms with Crippen LogP contribution in [0, 0.1) is 5.92 Å². The molecule has 2 heterocycles. The number of nitrogens with zero attached hydrogens (tertiary/aromatic N) is 2. The van der Waals surface area contributed by atoms with Crippen LogP contribution in [0.4, 0.5) is 0 Å². The number of benzene rings is 1. The van der Waals surface area contributed by atoms with Crippen molar-refractivity contribution in [1.29, 1.82) is 0 Å². The summed E-state index contributed by atoms with van der Waals surface area (Å²) in [6, 6.07) is 2.63. The zero-order valence-electron chi connectivity index (χ0n) is 33.7. The van der Waals surface area contributed by atoms with Crippen molar-refractivity contribution in [3.63, 3.8) is 0 Å². The normalized spacial score (nSPS) is 18.0. The smallest absolute Gasteiger partial charge is 0.326 e. The lowest BCUT2D eigenvalue weighted by Gasteiger charge is -2.34. The van der Waals surface area contributed by atoms with Gasteiger partial charge in [-0.2, -0.15) is 0 Å². The number of ketones is 1. The number of phenols is 1. The van der Waals surface area contributed by atoms with E-state index in [9.17, 15) is 39.0 Å². The summed E-state index contributed by atoms with van der Waals surface area (Å²) < 4.78 is 0. The second kappa shape index (κ2) is 24.5. The average Bonchev–Trinajstić information content (AvgIpc) is 3.86. The van der Waals surface area contributed by atoms with Crippen molar-refractivity contribution in [2.45, 2.75) is 180 Å². The van der Waals surface area contributed by atoms with Gasteiger partial charge in [-0.05, 0) is 55.7 Å². The fourth-order valence-electron chi connectivity index (χ4n) is 7.82. The molecule has 1 aromatic rings. The Morgan fingerprint density at radius 3 is 1.78 bits per heavy atom. The van der Waals surface area contributed by atoms with E-state index in [2.05, 4.69) is 17.6 Å². The van der Waals surface area contributed by atoms with Gasteiger partial charge in [-0.1, -0.05) is 110 Å². The van der Waals surface area contributed by atoms with E-state index in [0.717, 1.165) is 19.3 Å². The Morgan fingerprint density at radius 1 is 0.691 bits per heavy atom. The first-order valence-electron chi connectivity index (χ1n) is 21.2. The number of carbonyl (C=O) groups excluding carboxylic acids is 5. The number of likely N-dealkylation sites (tertiary alicyclic amines) is 2. The Labute approximate surface area is 328 Å². The molecule has 2 saturated heterocycles. The number of carbonyl (C=O) groups is 6. The van der Waals surface area contributed by atoms with Gasteiger partial charge in [-0.15, -0.1) is 0 Å². The first-order chi connectivity index (χ1) is 26.4. The van der Waals surface area contributed by atoms with E-state index in [-0.39, 0.29) is 54.4 Å². The maximum Gasteiger partial charge on any atom is 0.326 e. The lowest BCUT2D eigenvalue weighted by atomic mass is 10.0. The first-order valence-corrected chi connectivity index (χ1v) is 21.2. The Kier molecular flexibility index (Phi) is 20.3. The fourth-order valence-corrected chi connectivity index (χ4v) is 7.82. The van der Waals surface area contributed by atoms with Crippen LogP contribution >= 0.6 is 0 Å². The molecule has 308 valence electrons. The largest absolute Gasteiger partial charge is 0.508 e. The SMILES string of the molecule is CCCCCCCCCCCCCCCC(=O)N[C@H](C(=O)N1CCC[C@H]1C(=O)N1CCC[C@H]1C(=O)CCC(=O)N[C@@H](Cc1ccc(O)cc1)C(=O)O)C(C)C. The summed E-state index contributed by atoms with van der Waals surface area (Å²) in [5.41, 5.74) is 0.619. The highest BCUT2D eigenvalue weighted by Crippen LogP contribution is 2.27. The van der Waals surface area contributed by atoms with E-state index in [1.165, 1.54) is 76.3 Å². The quantitative estimate of drug-likeness (QED) is 0.0778. The Hall–Kier alpha value is -3.96. The number of phenolic OH excluding ortho intramolecular Hbond substituents is 1. The predicted molar refractivity (Wildman–Crippen MR) is 212 cm³/mol. The van der Waals surface area contributed by atoms with E-state index in [1.54, 1.807) is 21.9 Å². The summed E-state index contributed by atoms with van der Waals surface area (Å²) in [7, 11) is 0. The number of aliphatic carboxylic acids is 1. The highest BCUT2D eigenvalue weighted by Gasteiger charge is 2.43. The van der Waals surface area contributed by atoms with Crippen LogP contribution in [-0.2, 0) is 35.2 Å². The van der Waals surface area contributed by atoms with E-state index < -0.39 is 36.0 Å². The van der Waals surface area contributed by atoms with Gasteiger partial charge < -0.3 is 30.6 Å². The molecule has 0 spiro atoms. The second-order valence-electron chi connectivity index (χ2n) is 16.0. The molecule has 2 aliphatic heterocycles. The van der Waals surface area contributed by atoms with Gasteiger partial charge in [0.15, 0.2) is 5.78 Å². The number of carboxylic acid groups (broad SMARTS) is 1. The average molecular weight is 769 g/mol. The molecule has 2 fully saturated rings. The van der Waals surface area contributed by atoms with Crippen molar-refractivity contribution in [3.05, 3.63) is 29.8 Å². The molecule has 0 radical (unpaired) electrons. The standard InChI is InChI=1S/C43H68N4O8/c1-4-5-6-7-8-9-10-11-12-13-14-15-16-21-38(50)45-40(31(2)3)42(53)47-29-18-20-36(47)41(52)46-28-17-19-35(46)37(49)26-27-39(51)44-34(43(54)55)30-32-22-24-33(48)25-23-32/h22-25,31,34-36,40,48H,4-21,26-30H2,1-3H3,(H,44,51)(H,45,50)(H,54,55)/t34-,35-,36-,40-/m0/s1. The minimum atomic E-state index is -1.22. The number of hydrogen-bond donors (Lipinski definition) is 4. The molecule has 0 unspecified atom stereocenters. The highest BCUT2D eigenvalue weighted by molar-refractivity contribution is 5.96. The molecule has 3 rings (SSSR count). The van der Waals surface area contributed by atoms with Crippen molar-refractivity contribution in [2.24, 2.45) is 5.92 Å². The topological polar surface area (TPSA) is 173 Å². The summed E-state index contributed by atoms with van der Waals surface area (Å²) >= 11 is 0. The molecule has 4 N–H and O–H groups in total. The van der Waals surface area contributed by atoms with E-state index >= 15 is 0 Å². The van der Waals surface area contributed by atoms with Gasteiger partial charge in [-0.3, -0.25) is 24.0 Å². The monoisotopic (exact) mass is 769 g/mol. The van der Waals surface area contributed by atoms with Crippen molar-refractivity contribution < 1.29 is 39.0 Å². The van der Waals surface area contributed by atoms with E-state index in [1.807, 2.05) is 13.8 Å². The fraction of sp³-hybridized carbons (Fsp3) is 0.721. The number of carboxylic acids is 1. The molecule has 0 aromatic heterocycles.